The van der Waals surface area contributed by atoms with Crippen molar-refractivity contribution in [2.24, 2.45) is 16.6 Å². The number of amides is 1. The van der Waals surface area contributed by atoms with Gasteiger partial charge in [-0.1, -0.05) is 0 Å². The molecule has 0 aliphatic rings. The first-order valence-electron chi connectivity index (χ1n) is 2.95. The first-order valence-corrected chi connectivity index (χ1v) is 2.95. The van der Waals surface area contributed by atoms with Crippen molar-refractivity contribution in [3.8, 4) is 0 Å². The van der Waals surface area contributed by atoms with Crippen LogP contribution in [0.25, 0.3) is 0 Å². The second kappa shape index (κ2) is 4.37. The number of hydrogen-bond donors (Lipinski definition) is 2. The highest BCUT2D eigenvalue weighted by Gasteiger charge is 2.02. The zero-order valence-electron chi connectivity index (χ0n) is 6.57. The van der Waals surface area contributed by atoms with E-state index in [9.17, 15) is 4.79 Å². The average molecular weight is 160 g/mol. The molecule has 4 N–H and O–H groups in total. The number of nitrogens with two attached hydrogens (primary N) is 2. The molecule has 0 fully saturated rings. The molecule has 1 amide bonds. The number of guanidine groups is 1. The molecule has 0 spiro atoms. The van der Waals surface area contributed by atoms with E-state index in [0.717, 1.165) is 0 Å². The van der Waals surface area contributed by atoms with Crippen LogP contribution in [-0.2, 0) is 9.63 Å². The number of nitrogens with zero attached hydrogens (tertiary/aromatic N) is 2. The fourth-order valence-electron chi connectivity index (χ4n) is 0.291. The second-order valence-electron chi connectivity index (χ2n) is 2.08. The van der Waals surface area contributed by atoms with E-state index < -0.39 is 0 Å². The Kier molecular flexibility index (Phi) is 3.79. The van der Waals surface area contributed by atoms with Gasteiger partial charge in [0.25, 0.3) is 5.91 Å². The Morgan fingerprint density at radius 2 is 2.09 bits per heavy atom. The van der Waals surface area contributed by atoms with E-state index in [2.05, 4.69) is 9.99 Å². The molecule has 6 heteroatoms. The molecule has 0 aliphatic heterocycles. The predicted octanol–water partition coefficient (Wildman–Crippen LogP) is -1.72. The Hall–Kier alpha value is -1.46. The van der Waals surface area contributed by atoms with Gasteiger partial charge in [0.1, 0.15) is 0 Å². The first-order chi connectivity index (χ1) is 5.04. The molecule has 0 aromatic rings. The van der Waals surface area contributed by atoms with Gasteiger partial charge in [-0.3, -0.25) is 4.79 Å². The smallest absolute Gasteiger partial charge is 0.262 e. The first kappa shape index (κ1) is 9.54. The zero-order valence-corrected chi connectivity index (χ0v) is 6.57. The molecule has 0 aromatic carbocycles. The van der Waals surface area contributed by atoms with Crippen molar-refractivity contribution in [3.63, 3.8) is 0 Å². The van der Waals surface area contributed by atoms with E-state index in [1.165, 1.54) is 4.90 Å². The summed E-state index contributed by atoms with van der Waals surface area (Å²) in [7, 11) is 3.22. The lowest BCUT2D eigenvalue weighted by Gasteiger charge is -2.07. The number of rotatable bonds is 3. The number of likely N-dealkylation sites (N-methyl/N-ethyl adjacent to an activating group) is 1. The Morgan fingerprint density at radius 1 is 1.55 bits per heavy atom. The van der Waals surface area contributed by atoms with E-state index in [0.29, 0.717) is 0 Å². The van der Waals surface area contributed by atoms with Crippen molar-refractivity contribution in [3.05, 3.63) is 0 Å². The summed E-state index contributed by atoms with van der Waals surface area (Å²) in [5, 5.41) is 3.17. The summed E-state index contributed by atoms with van der Waals surface area (Å²) in [6.45, 7) is -0.148. The maximum absolute atomic E-state index is 10.8. The minimum atomic E-state index is -0.199. The van der Waals surface area contributed by atoms with Crippen molar-refractivity contribution < 1.29 is 9.63 Å². The molecule has 0 saturated carbocycles. The van der Waals surface area contributed by atoms with Gasteiger partial charge in [0.2, 0.25) is 5.96 Å². The summed E-state index contributed by atoms with van der Waals surface area (Å²) in [5.41, 5.74) is 9.87. The molecule has 64 valence electrons. The Labute approximate surface area is 64.8 Å². The van der Waals surface area contributed by atoms with E-state index in [1.807, 2.05) is 0 Å². The van der Waals surface area contributed by atoms with Crippen LogP contribution in [-0.4, -0.2) is 37.5 Å². The second-order valence-corrected chi connectivity index (χ2v) is 2.08. The van der Waals surface area contributed by atoms with Crippen molar-refractivity contribution in [1.29, 1.82) is 0 Å². The molecule has 0 unspecified atom stereocenters. The van der Waals surface area contributed by atoms with E-state index in [-0.39, 0.29) is 18.5 Å². The summed E-state index contributed by atoms with van der Waals surface area (Å²) in [4.78, 5) is 16.6. The maximum Gasteiger partial charge on any atom is 0.262 e. The molecule has 0 aromatic heterocycles. The monoisotopic (exact) mass is 160 g/mol. The maximum atomic E-state index is 10.8. The van der Waals surface area contributed by atoms with Gasteiger partial charge in [0.05, 0.1) is 0 Å². The summed E-state index contributed by atoms with van der Waals surface area (Å²) < 4.78 is 0. The van der Waals surface area contributed by atoms with Crippen LogP contribution < -0.4 is 11.5 Å². The molecular formula is C5H12N4O2. The van der Waals surface area contributed by atoms with Gasteiger partial charge in [-0.15, -0.1) is 0 Å². The lowest BCUT2D eigenvalue weighted by molar-refractivity contribution is -0.133. The van der Waals surface area contributed by atoms with Crippen LogP contribution in [0.15, 0.2) is 5.16 Å². The number of hydrogen-bond acceptors (Lipinski definition) is 3. The van der Waals surface area contributed by atoms with Gasteiger partial charge < -0.3 is 21.2 Å². The molecule has 0 bridgehead atoms. The van der Waals surface area contributed by atoms with Gasteiger partial charge in [-0.05, 0) is 5.16 Å². The summed E-state index contributed by atoms with van der Waals surface area (Å²) >= 11 is 0. The topological polar surface area (TPSA) is 93.9 Å². The van der Waals surface area contributed by atoms with Crippen LogP contribution >= 0.6 is 0 Å². The fourth-order valence-corrected chi connectivity index (χ4v) is 0.291. The van der Waals surface area contributed by atoms with Crippen LogP contribution in [0.3, 0.4) is 0 Å². The average Bonchev–Trinajstić information content (AvgIpc) is 1.86. The van der Waals surface area contributed by atoms with Crippen LogP contribution in [0.2, 0.25) is 0 Å². The SMILES string of the molecule is CN(C)C(=O)CON=C(N)N. The molecule has 0 aliphatic carbocycles. The minimum Gasteiger partial charge on any atom is -0.383 e. The summed E-state index contributed by atoms with van der Waals surface area (Å²) in [6.07, 6.45) is 0. The normalized spacial score (nSPS) is 8.55. The van der Waals surface area contributed by atoms with Gasteiger partial charge in [0, 0.05) is 14.1 Å². The van der Waals surface area contributed by atoms with E-state index >= 15 is 0 Å². The van der Waals surface area contributed by atoms with Crippen molar-refractivity contribution in [1.82, 2.24) is 4.90 Å². The van der Waals surface area contributed by atoms with Gasteiger partial charge in [0.15, 0.2) is 6.61 Å². The van der Waals surface area contributed by atoms with Gasteiger partial charge in [-0.25, -0.2) is 0 Å². The Morgan fingerprint density at radius 3 is 2.45 bits per heavy atom. The van der Waals surface area contributed by atoms with E-state index in [1.54, 1.807) is 14.1 Å². The molecule has 0 saturated heterocycles. The third-order valence-corrected chi connectivity index (χ3v) is 0.857. The highest BCUT2D eigenvalue weighted by molar-refractivity contribution is 5.77. The van der Waals surface area contributed by atoms with Crippen LogP contribution in [0.5, 0.6) is 0 Å². The van der Waals surface area contributed by atoms with E-state index in [4.69, 9.17) is 11.5 Å². The summed E-state index contributed by atoms with van der Waals surface area (Å²) in [5.74, 6) is -0.397. The third-order valence-electron chi connectivity index (χ3n) is 0.857. The number of oxime groups is 1. The number of carbonyl (C=O) groups is 1. The molecular weight excluding hydrogens is 148 g/mol. The quantitative estimate of drug-likeness (QED) is 0.292. The summed E-state index contributed by atoms with van der Waals surface area (Å²) in [6, 6.07) is 0. The molecule has 6 nitrogen and oxygen atoms in total. The van der Waals surface area contributed by atoms with Gasteiger partial charge >= 0.3 is 0 Å². The molecule has 11 heavy (non-hydrogen) atoms. The van der Waals surface area contributed by atoms with Crippen LogP contribution in [0.4, 0.5) is 0 Å². The highest BCUT2D eigenvalue weighted by Crippen LogP contribution is 1.81. The largest absolute Gasteiger partial charge is 0.383 e. The van der Waals surface area contributed by atoms with Crippen molar-refractivity contribution >= 4 is 11.9 Å². The molecule has 0 atom stereocenters. The zero-order chi connectivity index (χ0) is 8.85. The van der Waals surface area contributed by atoms with Crippen molar-refractivity contribution in [2.45, 2.75) is 0 Å². The number of carbonyl (C=O) groups excluding carboxylic acids is 1. The lowest BCUT2D eigenvalue weighted by Crippen LogP contribution is -2.27. The standard InChI is InChI=1S/C5H12N4O2/c1-9(2)4(10)3-11-8-5(6)7/h3H2,1-2H3,(H4,6,7,8). The molecule has 0 heterocycles. The molecule has 0 rings (SSSR count). The highest BCUT2D eigenvalue weighted by atomic mass is 16.6. The lowest BCUT2D eigenvalue weighted by atomic mass is 10.6. The minimum absolute atomic E-state index is 0.148. The van der Waals surface area contributed by atoms with Gasteiger partial charge in [-0.2, -0.15) is 0 Å². The Balaban J connectivity index is 3.56. The van der Waals surface area contributed by atoms with Crippen molar-refractivity contribution in [2.75, 3.05) is 20.7 Å². The predicted molar refractivity (Wildman–Crippen MR) is 40.5 cm³/mol. The van der Waals surface area contributed by atoms with Crippen LogP contribution in [0, 0.1) is 0 Å². The molecule has 0 radical (unpaired) electrons. The third kappa shape index (κ3) is 5.01. The van der Waals surface area contributed by atoms with Crippen LogP contribution in [0.1, 0.15) is 0 Å². The fraction of sp³-hybridized carbons (Fsp3) is 0.600. The Bertz CT molecular complexity index is 162.